The number of hydrogen-bond donors (Lipinski definition) is 2. The summed E-state index contributed by atoms with van der Waals surface area (Å²) in [5.41, 5.74) is 0. The van der Waals surface area contributed by atoms with Crippen LogP contribution in [0.5, 0.6) is 0 Å². The largest absolute Gasteiger partial charge is 0.274 e. The Kier molecular flexibility index (Phi) is 3.58. The zero-order valence-corrected chi connectivity index (χ0v) is 9.07. The molecule has 0 aliphatic carbocycles. The second kappa shape index (κ2) is 4.14. The molecular formula is C6H14N3O2S2. The van der Waals surface area contributed by atoms with Crippen LogP contribution in [-0.4, -0.2) is 31.4 Å². The molecule has 1 fully saturated rings. The van der Waals surface area contributed by atoms with E-state index in [1.54, 1.807) is 11.2 Å². The zero-order chi connectivity index (χ0) is 10.1. The van der Waals surface area contributed by atoms with Gasteiger partial charge in [0.1, 0.15) is 0 Å². The fraction of sp³-hybridized carbons (Fsp3) is 1.00. The zero-order valence-electron chi connectivity index (χ0n) is 7.43. The van der Waals surface area contributed by atoms with Gasteiger partial charge in [0.25, 0.3) is 10.2 Å². The summed E-state index contributed by atoms with van der Waals surface area (Å²) >= 11 is 5.05. The van der Waals surface area contributed by atoms with Crippen LogP contribution in [0.15, 0.2) is 0 Å². The van der Waals surface area contributed by atoms with E-state index in [1.165, 1.54) is 0 Å². The molecule has 2 unspecified atom stereocenters. The molecule has 2 atom stereocenters. The molecule has 1 radical (unpaired) electrons. The molecule has 0 saturated carbocycles. The van der Waals surface area contributed by atoms with Gasteiger partial charge in [-0.1, -0.05) is 0 Å². The highest BCUT2D eigenvalue weighted by molar-refractivity contribution is 7.87. The predicted octanol–water partition coefficient (Wildman–Crippen LogP) is -0.255. The molecule has 1 aliphatic rings. The SMILES string of the molecule is CC(NS(N)(=O)=O)C1CCCN1[S]. The van der Waals surface area contributed by atoms with Gasteiger partial charge >= 0.3 is 0 Å². The molecular weight excluding hydrogens is 210 g/mol. The van der Waals surface area contributed by atoms with Crippen molar-refractivity contribution in [2.24, 2.45) is 5.14 Å². The fourth-order valence-corrected chi connectivity index (χ4v) is 2.70. The van der Waals surface area contributed by atoms with Crippen LogP contribution < -0.4 is 9.86 Å². The molecule has 7 heteroatoms. The van der Waals surface area contributed by atoms with Gasteiger partial charge in [0.2, 0.25) is 0 Å². The third-order valence-electron chi connectivity index (χ3n) is 2.18. The Labute approximate surface area is 84.4 Å². The van der Waals surface area contributed by atoms with Crippen molar-refractivity contribution in [1.29, 1.82) is 0 Å². The summed E-state index contributed by atoms with van der Waals surface area (Å²) in [7, 11) is -3.61. The summed E-state index contributed by atoms with van der Waals surface area (Å²) in [6.45, 7) is 2.62. The Morgan fingerprint density at radius 3 is 2.69 bits per heavy atom. The maximum Gasteiger partial charge on any atom is 0.274 e. The van der Waals surface area contributed by atoms with E-state index in [0.717, 1.165) is 19.4 Å². The van der Waals surface area contributed by atoms with Gasteiger partial charge in [-0.3, -0.25) is 0 Å². The summed E-state index contributed by atoms with van der Waals surface area (Å²) in [5.74, 6) is 0. The van der Waals surface area contributed by atoms with Crippen molar-refractivity contribution < 1.29 is 8.42 Å². The Morgan fingerprint density at radius 2 is 2.31 bits per heavy atom. The van der Waals surface area contributed by atoms with Crippen molar-refractivity contribution in [2.45, 2.75) is 31.8 Å². The van der Waals surface area contributed by atoms with Crippen LogP contribution in [0, 0.1) is 0 Å². The molecule has 0 bridgehead atoms. The molecule has 1 saturated heterocycles. The number of nitrogens with zero attached hydrogens (tertiary/aromatic N) is 1. The third kappa shape index (κ3) is 3.43. The maximum absolute atomic E-state index is 10.7. The van der Waals surface area contributed by atoms with Crippen molar-refractivity contribution in [3.05, 3.63) is 0 Å². The van der Waals surface area contributed by atoms with Gasteiger partial charge in [-0.15, -0.1) is 0 Å². The highest BCUT2D eigenvalue weighted by Gasteiger charge is 2.29. The Bertz CT molecular complexity index is 267. The topological polar surface area (TPSA) is 75.4 Å². The molecule has 1 heterocycles. The quantitative estimate of drug-likeness (QED) is 0.694. The van der Waals surface area contributed by atoms with E-state index in [4.69, 9.17) is 18.0 Å². The van der Waals surface area contributed by atoms with Crippen molar-refractivity contribution in [1.82, 2.24) is 9.03 Å². The molecule has 1 rings (SSSR count). The number of hydrogen-bond acceptors (Lipinski definition) is 3. The molecule has 3 N–H and O–H groups in total. The Morgan fingerprint density at radius 1 is 1.69 bits per heavy atom. The maximum atomic E-state index is 10.7. The first-order chi connectivity index (χ1) is 5.90. The van der Waals surface area contributed by atoms with Crippen molar-refractivity contribution in [2.75, 3.05) is 6.54 Å². The van der Waals surface area contributed by atoms with Crippen LogP contribution >= 0.6 is 12.8 Å². The van der Waals surface area contributed by atoms with Gasteiger partial charge in [-0.05, 0) is 19.8 Å². The van der Waals surface area contributed by atoms with Gasteiger partial charge in [-0.2, -0.15) is 13.1 Å². The number of nitrogens with one attached hydrogen (secondary N) is 1. The molecule has 77 valence electrons. The Hall–Kier alpha value is 0.180. The summed E-state index contributed by atoms with van der Waals surface area (Å²) in [4.78, 5) is 0. The van der Waals surface area contributed by atoms with Crippen molar-refractivity contribution in [3.8, 4) is 0 Å². The Balaban J connectivity index is 2.52. The highest BCUT2D eigenvalue weighted by Crippen LogP contribution is 2.21. The minimum atomic E-state index is -3.61. The number of rotatable bonds is 3. The van der Waals surface area contributed by atoms with E-state index in [1.807, 2.05) is 0 Å². The first-order valence-electron chi connectivity index (χ1n) is 4.14. The average molecular weight is 224 g/mol. The van der Waals surface area contributed by atoms with E-state index in [-0.39, 0.29) is 12.1 Å². The van der Waals surface area contributed by atoms with Gasteiger partial charge < -0.3 is 0 Å². The molecule has 0 amide bonds. The second-order valence-electron chi connectivity index (χ2n) is 3.30. The second-order valence-corrected chi connectivity index (χ2v) is 5.10. The lowest BCUT2D eigenvalue weighted by atomic mass is 10.1. The van der Waals surface area contributed by atoms with E-state index in [2.05, 4.69) is 4.72 Å². The molecule has 0 spiro atoms. The van der Waals surface area contributed by atoms with Gasteiger partial charge in [-0.25, -0.2) is 9.44 Å². The lowest BCUT2D eigenvalue weighted by Gasteiger charge is -2.23. The standard InChI is InChI=1S/C6H14N3O2S2/c1-5(8-13(7,10)11)6-3-2-4-9(6)12/h5-6,8H,2-4H2,1H3,(H2,7,10,11). The van der Waals surface area contributed by atoms with Crippen LogP contribution in [0.2, 0.25) is 0 Å². The highest BCUT2D eigenvalue weighted by atomic mass is 32.2. The third-order valence-corrected chi connectivity index (χ3v) is 3.33. The van der Waals surface area contributed by atoms with Crippen molar-refractivity contribution in [3.63, 3.8) is 0 Å². The lowest BCUT2D eigenvalue weighted by Crippen LogP contribution is -2.46. The van der Waals surface area contributed by atoms with Gasteiger partial charge in [0.05, 0.1) is 0 Å². The van der Waals surface area contributed by atoms with E-state index >= 15 is 0 Å². The summed E-state index contributed by atoms with van der Waals surface area (Å²) in [5, 5.41) is 4.86. The van der Waals surface area contributed by atoms with Crippen LogP contribution in [-0.2, 0) is 10.2 Å². The predicted molar refractivity (Wildman–Crippen MR) is 53.0 cm³/mol. The summed E-state index contributed by atoms with van der Waals surface area (Å²) in [6.07, 6.45) is 1.94. The van der Waals surface area contributed by atoms with Crippen LogP contribution in [0.25, 0.3) is 0 Å². The molecule has 1 aliphatic heterocycles. The van der Waals surface area contributed by atoms with E-state index in [0.29, 0.717) is 0 Å². The lowest BCUT2D eigenvalue weighted by molar-refractivity contribution is 0.369. The molecule has 0 aromatic carbocycles. The van der Waals surface area contributed by atoms with Crippen LogP contribution in [0.4, 0.5) is 0 Å². The first-order valence-corrected chi connectivity index (χ1v) is 6.05. The monoisotopic (exact) mass is 224 g/mol. The van der Waals surface area contributed by atoms with Gasteiger partial charge in [0, 0.05) is 31.4 Å². The molecule has 0 aromatic rings. The van der Waals surface area contributed by atoms with Crippen LogP contribution in [0.3, 0.4) is 0 Å². The van der Waals surface area contributed by atoms with Crippen molar-refractivity contribution >= 4 is 23.0 Å². The average Bonchev–Trinajstić information content (AvgIpc) is 2.30. The fourth-order valence-electron chi connectivity index (χ4n) is 1.60. The van der Waals surface area contributed by atoms with Crippen LogP contribution in [0.1, 0.15) is 19.8 Å². The minimum Gasteiger partial charge on any atom is -0.236 e. The van der Waals surface area contributed by atoms with E-state index < -0.39 is 10.2 Å². The summed E-state index contributed by atoms with van der Waals surface area (Å²) in [6, 6.07) is -0.122. The molecule has 5 nitrogen and oxygen atoms in total. The summed E-state index contributed by atoms with van der Waals surface area (Å²) < 4.78 is 25.5. The number of nitrogens with two attached hydrogens (primary N) is 1. The first kappa shape index (κ1) is 11.3. The van der Waals surface area contributed by atoms with Gasteiger partial charge in [0.15, 0.2) is 0 Å². The molecule has 13 heavy (non-hydrogen) atoms. The smallest absolute Gasteiger partial charge is 0.236 e. The minimum absolute atomic E-state index is 0.0910. The van der Waals surface area contributed by atoms with E-state index in [9.17, 15) is 8.42 Å². The normalized spacial score (nSPS) is 27.8. The molecule has 0 aromatic heterocycles.